The van der Waals surface area contributed by atoms with Crippen molar-refractivity contribution in [2.24, 2.45) is 0 Å². The minimum absolute atomic E-state index is 0.0145. The maximum atomic E-state index is 12.5. The second-order valence-electron chi connectivity index (χ2n) is 6.08. The van der Waals surface area contributed by atoms with E-state index in [1.54, 1.807) is 12.1 Å². The fourth-order valence-electron chi connectivity index (χ4n) is 2.96. The smallest absolute Gasteiger partial charge is 0.290 e. The van der Waals surface area contributed by atoms with Gasteiger partial charge in [0, 0.05) is 12.1 Å². The van der Waals surface area contributed by atoms with Gasteiger partial charge in [-0.1, -0.05) is 36.4 Å². The number of carbonyl (C=O) groups excluding carboxylic acids is 3. The summed E-state index contributed by atoms with van der Waals surface area (Å²) in [5, 5.41) is 1.89. The van der Waals surface area contributed by atoms with Crippen LogP contribution in [0.1, 0.15) is 25.7 Å². The van der Waals surface area contributed by atoms with Gasteiger partial charge in [0.2, 0.25) is 11.8 Å². The Morgan fingerprint density at radius 3 is 2.54 bits per heavy atom. The Kier molecular flexibility index (Phi) is 5.52. The molecule has 0 spiro atoms. The van der Waals surface area contributed by atoms with Crippen molar-refractivity contribution in [3.8, 4) is 0 Å². The average Bonchev–Trinajstić information content (AvgIpc) is 2.84. The van der Waals surface area contributed by atoms with Crippen LogP contribution in [0.15, 0.2) is 30.3 Å². The zero-order valence-corrected chi connectivity index (χ0v) is 14.3. The number of amides is 3. The van der Waals surface area contributed by atoms with Crippen LogP contribution in [0, 0.1) is 0 Å². The van der Waals surface area contributed by atoms with Crippen molar-refractivity contribution < 1.29 is 14.4 Å². The van der Waals surface area contributed by atoms with Crippen LogP contribution in [-0.4, -0.2) is 51.9 Å². The summed E-state index contributed by atoms with van der Waals surface area (Å²) in [7, 11) is 0. The van der Waals surface area contributed by atoms with E-state index < -0.39 is 5.25 Å². The van der Waals surface area contributed by atoms with Gasteiger partial charge in [0.15, 0.2) is 0 Å². The molecule has 2 saturated heterocycles. The van der Waals surface area contributed by atoms with Crippen LogP contribution in [0.25, 0.3) is 0 Å². The van der Waals surface area contributed by atoms with Crippen LogP contribution in [0.2, 0.25) is 0 Å². The second kappa shape index (κ2) is 7.81. The molecule has 3 amide bonds. The van der Waals surface area contributed by atoms with Gasteiger partial charge >= 0.3 is 0 Å². The molecule has 1 unspecified atom stereocenters. The monoisotopic (exact) mass is 347 g/mol. The number of likely N-dealkylation sites (tertiary alicyclic amines) is 1. The van der Waals surface area contributed by atoms with Crippen molar-refractivity contribution in [1.29, 1.82) is 0 Å². The zero-order valence-electron chi connectivity index (χ0n) is 13.4. The predicted molar refractivity (Wildman–Crippen MR) is 93.6 cm³/mol. The van der Waals surface area contributed by atoms with Gasteiger partial charge in [-0.2, -0.15) is 0 Å². The van der Waals surface area contributed by atoms with E-state index in [0.29, 0.717) is 12.4 Å². The molecule has 0 bridgehead atoms. The largest absolute Gasteiger partial charge is 0.326 e. The Balaban J connectivity index is 1.54. The number of hydrogen-bond acceptors (Lipinski definition) is 5. The summed E-state index contributed by atoms with van der Waals surface area (Å²) in [6.07, 6.45) is 3.43. The van der Waals surface area contributed by atoms with E-state index in [-0.39, 0.29) is 23.5 Å². The third-order valence-corrected chi connectivity index (χ3v) is 5.30. The minimum atomic E-state index is -0.619. The molecular formula is C17H21N3O3S. The zero-order chi connectivity index (χ0) is 16.9. The Morgan fingerprint density at radius 1 is 1.12 bits per heavy atom. The molecule has 0 saturated carbocycles. The highest BCUT2D eigenvalue weighted by Gasteiger charge is 2.41. The first-order chi connectivity index (χ1) is 11.6. The van der Waals surface area contributed by atoms with Crippen LogP contribution < -0.4 is 5.32 Å². The number of benzene rings is 1. The molecule has 2 fully saturated rings. The number of hydrogen-bond donors (Lipinski definition) is 1. The molecule has 1 N–H and O–H groups in total. The lowest BCUT2D eigenvalue weighted by Crippen LogP contribution is -2.44. The van der Waals surface area contributed by atoms with Gasteiger partial charge < -0.3 is 5.32 Å². The van der Waals surface area contributed by atoms with Gasteiger partial charge in [0.05, 0.1) is 6.67 Å². The van der Waals surface area contributed by atoms with Crippen LogP contribution in [0.5, 0.6) is 0 Å². The highest BCUT2D eigenvalue weighted by atomic mass is 32.2. The summed E-state index contributed by atoms with van der Waals surface area (Å²) in [6.45, 7) is 2.18. The van der Waals surface area contributed by atoms with Crippen LogP contribution >= 0.6 is 11.8 Å². The second-order valence-corrected chi connectivity index (χ2v) is 7.23. The maximum absolute atomic E-state index is 12.5. The molecule has 1 aromatic carbocycles. The Morgan fingerprint density at radius 2 is 1.83 bits per heavy atom. The number of nitrogens with zero attached hydrogens (tertiary/aromatic N) is 2. The minimum Gasteiger partial charge on any atom is -0.326 e. The van der Waals surface area contributed by atoms with E-state index in [1.807, 2.05) is 18.2 Å². The lowest BCUT2D eigenvalue weighted by atomic mass is 10.1. The standard InChI is InChI=1S/C17H21N3O3S/c21-15(18-13-7-3-1-4-8-13)11-14-16(22)20(17(23)24-14)12-19-9-5-2-6-10-19/h1,3-4,7-8,14H,2,5-6,9-12H2,(H,18,21). The third kappa shape index (κ3) is 4.15. The Bertz CT molecular complexity index is 617. The molecule has 1 aromatic rings. The molecule has 3 rings (SSSR count). The molecule has 0 aliphatic carbocycles. The summed E-state index contributed by atoms with van der Waals surface area (Å²) >= 11 is 0.959. The van der Waals surface area contributed by atoms with Crippen molar-refractivity contribution >= 4 is 34.5 Å². The van der Waals surface area contributed by atoms with E-state index in [4.69, 9.17) is 0 Å². The highest BCUT2D eigenvalue weighted by Crippen LogP contribution is 2.30. The van der Waals surface area contributed by atoms with Crippen LogP contribution in [0.4, 0.5) is 10.5 Å². The van der Waals surface area contributed by atoms with Gasteiger partial charge in [-0.25, -0.2) is 0 Å². The molecule has 128 valence electrons. The molecule has 2 aliphatic heterocycles. The molecule has 0 aromatic heterocycles. The number of rotatable bonds is 5. The van der Waals surface area contributed by atoms with Gasteiger partial charge in [0.1, 0.15) is 5.25 Å². The molecule has 24 heavy (non-hydrogen) atoms. The molecule has 6 nitrogen and oxygen atoms in total. The van der Waals surface area contributed by atoms with E-state index in [2.05, 4.69) is 10.2 Å². The molecular weight excluding hydrogens is 326 g/mol. The summed E-state index contributed by atoms with van der Waals surface area (Å²) < 4.78 is 0. The number of nitrogens with one attached hydrogen (secondary N) is 1. The van der Waals surface area contributed by atoms with E-state index in [1.165, 1.54) is 11.3 Å². The van der Waals surface area contributed by atoms with Crippen molar-refractivity contribution in [3.63, 3.8) is 0 Å². The van der Waals surface area contributed by atoms with Crippen molar-refractivity contribution in [2.45, 2.75) is 30.9 Å². The van der Waals surface area contributed by atoms with Gasteiger partial charge in [-0.05, 0) is 38.1 Å². The quantitative estimate of drug-likeness (QED) is 0.886. The van der Waals surface area contributed by atoms with Crippen LogP contribution in [0.3, 0.4) is 0 Å². The number of imide groups is 1. The average molecular weight is 347 g/mol. The molecule has 0 radical (unpaired) electrons. The van der Waals surface area contributed by atoms with Gasteiger partial charge in [-0.3, -0.25) is 24.2 Å². The number of carbonyl (C=O) groups is 3. The van der Waals surface area contributed by atoms with E-state index in [0.717, 1.165) is 37.7 Å². The third-order valence-electron chi connectivity index (χ3n) is 4.22. The first-order valence-corrected chi connectivity index (χ1v) is 9.11. The van der Waals surface area contributed by atoms with Gasteiger partial charge in [-0.15, -0.1) is 0 Å². The molecule has 1 atom stereocenters. The summed E-state index contributed by atoms with van der Waals surface area (Å²) in [5.41, 5.74) is 0.689. The SMILES string of the molecule is O=C(CC1SC(=O)N(CN2CCCCC2)C1=O)Nc1ccccc1. The maximum Gasteiger partial charge on any atom is 0.290 e. The topological polar surface area (TPSA) is 69.7 Å². The first-order valence-electron chi connectivity index (χ1n) is 8.23. The molecule has 2 heterocycles. The molecule has 7 heteroatoms. The predicted octanol–water partition coefficient (Wildman–Crippen LogP) is 2.52. The highest BCUT2D eigenvalue weighted by molar-refractivity contribution is 8.15. The van der Waals surface area contributed by atoms with E-state index in [9.17, 15) is 14.4 Å². The van der Waals surface area contributed by atoms with E-state index >= 15 is 0 Å². The van der Waals surface area contributed by atoms with Crippen molar-refractivity contribution in [1.82, 2.24) is 9.80 Å². The van der Waals surface area contributed by atoms with Gasteiger partial charge in [0.25, 0.3) is 5.24 Å². The normalized spacial score (nSPS) is 22.0. The van der Waals surface area contributed by atoms with Crippen LogP contribution in [-0.2, 0) is 9.59 Å². The summed E-state index contributed by atoms with van der Waals surface area (Å²) in [4.78, 5) is 40.1. The number of piperidine rings is 1. The first kappa shape index (κ1) is 17.0. The Hall–Kier alpha value is -1.86. The lowest BCUT2D eigenvalue weighted by Gasteiger charge is -2.29. The number of para-hydroxylation sites is 1. The van der Waals surface area contributed by atoms with Crippen molar-refractivity contribution in [2.75, 3.05) is 25.1 Å². The summed E-state index contributed by atoms with van der Waals surface area (Å²) in [5.74, 6) is -0.501. The fourth-order valence-corrected chi connectivity index (χ4v) is 3.94. The number of thioether (sulfide) groups is 1. The number of anilines is 1. The Labute approximate surface area is 145 Å². The molecule has 2 aliphatic rings. The summed E-state index contributed by atoms with van der Waals surface area (Å²) in [6, 6.07) is 9.09. The lowest BCUT2D eigenvalue weighted by molar-refractivity contribution is -0.130. The van der Waals surface area contributed by atoms with Crippen molar-refractivity contribution in [3.05, 3.63) is 30.3 Å². The fraction of sp³-hybridized carbons (Fsp3) is 0.471.